The average molecular weight is 229 g/mol. The Morgan fingerprint density at radius 2 is 2.21 bits per heavy atom. The van der Waals surface area contributed by atoms with Crippen molar-refractivity contribution in [3.05, 3.63) is 15.6 Å². The van der Waals surface area contributed by atoms with E-state index in [4.69, 9.17) is 18.0 Å². The quantitative estimate of drug-likeness (QED) is 0.788. The molecule has 5 heteroatoms. The number of hydrogen-bond acceptors (Lipinski definition) is 4. The van der Waals surface area contributed by atoms with Crippen LogP contribution in [0.3, 0.4) is 0 Å². The Morgan fingerprint density at radius 1 is 1.57 bits per heavy atom. The first-order valence-electron chi connectivity index (χ1n) is 4.41. The van der Waals surface area contributed by atoms with Crippen LogP contribution >= 0.6 is 23.6 Å². The van der Waals surface area contributed by atoms with Gasteiger partial charge in [0.25, 0.3) is 0 Å². The fraction of sp³-hybridized carbons (Fsp3) is 0.556. The summed E-state index contributed by atoms with van der Waals surface area (Å²) in [6.07, 6.45) is 0.959. The van der Waals surface area contributed by atoms with Gasteiger partial charge in [-0.1, -0.05) is 12.2 Å². The van der Waals surface area contributed by atoms with Crippen LogP contribution in [0.1, 0.15) is 15.6 Å². The number of thiocarbonyl (C=S) groups is 1. The van der Waals surface area contributed by atoms with E-state index in [1.807, 2.05) is 6.92 Å². The lowest BCUT2D eigenvalue weighted by Crippen LogP contribution is -2.14. The Morgan fingerprint density at radius 3 is 2.64 bits per heavy atom. The van der Waals surface area contributed by atoms with Crippen molar-refractivity contribution in [1.82, 2.24) is 9.88 Å². The Balaban J connectivity index is 2.71. The molecule has 0 atom stereocenters. The predicted molar refractivity (Wildman–Crippen MR) is 65.0 cm³/mol. The van der Waals surface area contributed by atoms with Crippen LogP contribution in [0.4, 0.5) is 0 Å². The van der Waals surface area contributed by atoms with Gasteiger partial charge in [-0.3, -0.25) is 0 Å². The first-order valence-corrected chi connectivity index (χ1v) is 5.64. The smallest absolute Gasteiger partial charge is 0.116 e. The molecule has 0 radical (unpaired) electrons. The molecule has 0 unspecified atom stereocenters. The highest BCUT2D eigenvalue weighted by Gasteiger charge is 2.09. The molecule has 2 N–H and O–H groups in total. The molecule has 0 aliphatic rings. The molecule has 0 aromatic carbocycles. The van der Waals surface area contributed by atoms with Gasteiger partial charge in [0, 0.05) is 13.0 Å². The van der Waals surface area contributed by atoms with Crippen LogP contribution in [0.25, 0.3) is 0 Å². The molecule has 0 aliphatic heterocycles. The van der Waals surface area contributed by atoms with Crippen molar-refractivity contribution < 1.29 is 0 Å². The van der Waals surface area contributed by atoms with Gasteiger partial charge in [-0.25, -0.2) is 4.98 Å². The number of hydrogen-bond donors (Lipinski definition) is 1. The maximum Gasteiger partial charge on any atom is 0.116 e. The molecule has 0 spiro atoms. The highest BCUT2D eigenvalue weighted by Crippen LogP contribution is 2.18. The predicted octanol–water partition coefficient (Wildman–Crippen LogP) is 1.19. The summed E-state index contributed by atoms with van der Waals surface area (Å²) >= 11 is 6.54. The summed E-state index contributed by atoms with van der Waals surface area (Å²) in [7, 11) is 4.10. The van der Waals surface area contributed by atoms with E-state index in [-0.39, 0.29) is 0 Å². The summed E-state index contributed by atoms with van der Waals surface area (Å²) in [6, 6.07) is 0. The van der Waals surface area contributed by atoms with Gasteiger partial charge in [0.2, 0.25) is 0 Å². The summed E-state index contributed by atoms with van der Waals surface area (Å²) in [5.74, 6) is 0. The molecule has 78 valence electrons. The van der Waals surface area contributed by atoms with Crippen molar-refractivity contribution in [2.75, 3.05) is 20.6 Å². The molecule has 1 rings (SSSR count). The maximum atomic E-state index is 5.58. The van der Waals surface area contributed by atoms with Crippen LogP contribution in [-0.4, -0.2) is 35.5 Å². The fourth-order valence-corrected chi connectivity index (χ4v) is 2.29. The van der Waals surface area contributed by atoms with E-state index < -0.39 is 0 Å². The zero-order valence-electron chi connectivity index (χ0n) is 8.70. The fourth-order valence-electron chi connectivity index (χ4n) is 1.11. The molecule has 0 bridgehead atoms. The topological polar surface area (TPSA) is 42.2 Å². The number of rotatable bonds is 4. The Kier molecular flexibility index (Phi) is 3.97. The molecule has 0 saturated heterocycles. The van der Waals surface area contributed by atoms with Gasteiger partial charge < -0.3 is 10.6 Å². The molecule has 1 heterocycles. The Bertz CT molecular complexity index is 331. The third kappa shape index (κ3) is 3.01. The first-order chi connectivity index (χ1) is 6.50. The van der Waals surface area contributed by atoms with Crippen molar-refractivity contribution in [1.29, 1.82) is 0 Å². The van der Waals surface area contributed by atoms with Gasteiger partial charge in [-0.15, -0.1) is 11.3 Å². The third-order valence-corrected chi connectivity index (χ3v) is 3.42. The SMILES string of the molecule is Cc1nc(CCN(C)C)sc1C(N)=S. The van der Waals surface area contributed by atoms with Crippen LogP contribution in [0.15, 0.2) is 0 Å². The minimum Gasteiger partial charge on any atom is -0.389 e. The molecule has 1 aromatic rings. The Hall–Kier alpha value is -0.520. The summed E-state index contributed by atoms with van der Waals surface area (Å²) in [6.45, 7) is 2.95. The highest BCUT2D eigenvalue weighted by atomic mass is 32.1. The van der Waals surface area contributed by atoms with Gasteiger partial charge in [0.15, 0.2) is 0 Å². The monoisotopic (exact) mass is 229 g/mol. The van der Waals surface area contributed by atoms with Gasteiger partial charge in [0.05, 0.1) is 15.6 Å². The van der Waals surface area contributed by atoms with Crippen molar-refractivity contribution in [3.63, 3.8) is 0 Å². The largest absolute Gasteiger partial charge is 0.389 e. The van der Waals surface area contributed by atoms with Crippen LogP contribution < -0.4 is 5.73 Å². The highest BCUT2D eigenvalue weighted by molar-refractivity contribution is 7.81. The van der Waals surface area contributed by atoms with E-state index in [1.54, 1.807) is 11.3 Å². The minimum atomic E-state index is 0.455. The van der Waals surface area contributed by atoms with Crippen LogP contribution in [0.2, 0.25) is 0 Å². The van der Waals surface area contributed by atoms with Crippen LogP contribution in [0, 0.1) is 6.92 Å². The van der Waals surface area contributed by atoms with Gasteiger partial charge in [-0.2, -0.15) is 0 Å². The molecular formula is C9H15N3S2. The van der Waals surface area contributed by atoms with Crippen molar-refractivity contribution in [2.45, 2.75) is 13.3 Å². The summed E-state index contributed by atoms with van der Waals surface area (Å²) in [5, 5.41) is 1.11. The summed E-state index contributed by atoms with van der Waals surface area (Å²) < 4.78 is 0. The van der Waals surface area contributed by atoms with Gasteiger partial charge in [-0.05, 0) is 21.0 Å². The average Bonchev–Trinajstić information content (AvgIpc) is 2.43. The first kappa shape index (κ1) is 11.6. The molecule has 0 aliphatic carbocycles. The second-order valence-corrected chi connectivity index (χ2v) is 4.96. The van der Waals surface area contributed by atoms with Crippen molar-refractivity contribution in [3.8, 4) is 0 Å². The lowest BCUT2D eigenvalue weighted by atomic mass is 10.4. The second-order valence-electron chi connectivity index (χ2n) is 3.44. The molecule has 0 saturated carbocycles. The number of aromatic nitrogens is 1. The number of thiazole rings is 1. The summed E-state index contributed by atoms with van der Waals surface area (Å²) in [5.41, 5.74) is 6.53. The lowest BCUT2D eigenvalue weighted by Gasteiger charge is -2.06. The number of aryl methyl sites for hydroxylation is 1. The van der Waals surface area contributed by atoms with Crippen LogP contribution in [0.5, 0.6) is 0 Å². The molecule has 0 amide bonds. The summed E-state index contributed by atoms with van der Waals surface area (Å²) in [4.78, 5) is 7.97. The minimum absolute atomic E-state index is 0.455. The molecule has 3 nitrogen and oxygen atoms in total. The number of nitrogens with zero attached hydrogens (tertiary/aromatic N) is 2. The van der Waals surface area contributed by atoms with E-state index in [2.05, 4.69) is 24.0 Å². The normalized spacial score (nSPS) is 10.9. The van der Waals surface area contributed by atoms with E-state index in [0.29, 0.717) is 4.99 Å². The maximum absolute atomic E-state index is 5.58. The van der Waals surface area contributed by atoms with Crippen molar-refractivity contribution >= 4 is 28.5 Å². The molecule has 0 fully saturated rings. The molecule has 14 heavy (non-hydrogen) atoms. The lowest BCUT2D eigenvalue weighted by molar-refractivity contribution is 0.413. The molecular weight excluding hydrogens is 214 g/mol. The zero-order valence-corrected chi connectivity index (χ0v) is 10.3. The number of nitrogens with two attached hydrogens (primary N) is 1. The van der Waals surface area contributed by atoms with E-state index >= 15 is 0 Å². The Labute approximate surface area is 93.9 Å². The second kappa shape index (κ2) is 4.82. The standard InChI is InChI=1S/C9H15N3S2/c1-6-8(9(10)13)14-7(11-6)4-5-12(2)3/h4-5H2,1-3H3,(H2,10,13). The van der Waals surface area contributed by atoms with Gasteiger partial charge >= 0.3 is 0 Å². The molecule has 1 aromatic heterocycles. The zero-order chi connectivity index (χ0) is 10.7. The van der Waals surface area contributed by atoms with Crippen LogP contribution in [-0.2, 0) is 6.42 Å². The van der Waals surface area contributed by atoms with Crippen molar-refractivity contribution in [2.24, 2.45) is 5.73 Å². The van der Waals surface area contributed by atoms with E-state index in [9.17, 15) is 0 Å². The third-order valence-electron chi connectivity index (χ3n) is 1.84. The van der Waals surface area contributed by atoms with E-state index in [1.165, 1.54) is 0 Å². The van der Waals surface area contributed by atoms with E-state index in [0.717, 1.165) is 28.5 Å². The number of likely N-dealkylation sites (N-methyl/N-ethyl adjacent to an activating group) is 1. The van der Waals surface area contributed by atoms with Gasteiger partial charge in [0.1, 0.15) is 4.99 Å².